The Bertz CT molecular complexity index is 985. The van der Waals surface area contributed by atoms with Crippen molar-refractivity contribution in [3.05, 3.63) is 89.2 Å². The van der Waals surface area contributed by atoms with Crippen molar-refractivity contribution in [2.75, 3.05) is 0 Å². The monoisotopic (exact) mass is 560 g/mol. The Kier molecular flexibility index (Phi) is 12.1. The number of nitrogens with one attached hydrogen (secondary N) is 1. The topological polar surface area (TPSA) is 23.8 Å². The second kappa shape index (κ2) is 13.9. The molecule has 2 aromatic carbocycles. The summed E-state index contributed by atoms with van der Waals surface area (Å²) in [6, 6.07) is 20.8. The fourth-order valence-electron chi connectivity index (χ4n) is 7.87. The number of allylic oxidation sites excluding steroid dienone is 4. The average Bonchev–Trinajstić information content (AvgIpc) is 3.04. The summed E-state index contributed by atoms with van der Waals surface area (Å²) in [6.07, 6.45) is 11.2. The first-order chi connectivity index (χ1) is 17.4. The van der Waals surface area contributed by atoms with E-state index >= 15 is 0 Å². The molecule has 0 spiro atoms. The maximum Gasteiger partial charge on any atom is 2.00 e. The zero-order valence-electron chi connectivity index (χ0n) is 25.2. The zero-order valence-corrected chi connectivity index (χ0v) is 28.0. The molecule has 3 heteroatoms. The normalized spacial score (nSPS) is 32.0. The largest absolute Gasteiger partial charge is 2.00 e. The smallest absolute Gasteiger partial charge is 0.672 e. The van der Waals surface area contributed by atoms with Gasteiger partial charge in [-0.1, -0.05) is 134 Å². The van der Waals surface area contributed by atoms with E-state index in [2.05, 4.69) is 109 Å². The van der Waals surface area contributed by atoms with Gasteiger partial charge in [-0.3, -0.25) is 6.08 Å². The van der Waals surface area contributed by atoms with Crippen LogP contribution in [0.1, 0.15) is 80.1 Å². The standard InChI is InChI=1S/C12H20N.C12H10.C9H13.C2H7Si.Ti/c1-10-3-9-4-11(2,6-10)8-12(13,5-9)7-10;1-3-7-11(8-4-1)12-9-5-2-6-10-12;1-6-5-7(2)9(4)8(6)3;1-3-2;/h9,13H,3-8H2,1-2H3;1-10H;6H,1-4H3;3H,1-2H3;/q-1;;-1;;+2. The van der Waals surface area contributed by atoms with Gasteiger partial charge in [0.05, 0.1) is 0 Å². The Morgan fingerprint density at radius 1 is 0.763 bits per heavy atom. The molecule has 1 radical (unpaired) electrons. The molecule has 0 aliphatic heterocycles. The Balaban J connectivity index is 0.000000191. The van der Waals surface area contributed by atoms with Crippen LogP contribution in [0.2, 0.25) is 13.1 Å². The van der Waals surface area contributed by atoms with Crippen molar-refractivity contribution in [1.82, 2.24) is 0 Å². The fraction of sp³-hybridized carbons (Fsp3) is 0.543. The molecule has 3 unspecified atom stereocenters. The molecule has 4 bridgehead atoms. The van der Waals surface area contributed by atoms with Gasteiger partial charge in [0.2, 0.25) is 0 Å². The van der Waals surface area contributed by atoms with Gasteiger partial charge in [-0.15, -0.1) is 12.5 Å². The van der Waals surface area contributed by atoms with Gasteiger partial charge in [-0.25, -0.2) is 5.57 Å². The molecule has 4 saturated carbocycles. The third-order valence-electron chi connectivity index (χ3n) is 8.74. The fourth-order valence-corrected chi connectivity index (χ4v) is 7.87. The summed E-state index contributed by atoms with van der Waals surface area (Å²) in [4.78, 5) is 0. The van der Waals surface area contributed by atoms with E-state index in [4.69, 9.17) is 5.73 Å². The molecule has 1 N–H and O–H groups in total. The van der Waals surface area contributed by atoms with Gasteiger partial charge in [-0.05, 0) is 47.1 Å². The molecule has 5 aliphatic rings. The Morgan fingerprint density at radius 3 is 1.45 bits per heavy atom. The quantitative estimate of drug-likeness (QED) is 0.245. The van der Waals surface area contributed by atoms with E-state index in [9.17, 15) is 0 Å². The third-order valence-corrected chi connectivity index (χ3v) is 8.74. The average molecular weight is 561 g/mol. The first-order valence-corrected chi connectivity index (χ1v) is 16.6. The molecule has 38 heavy (non-hydrogen) atoms. The van der Waals surface area contributed by atoms with Gasteiger partial charge in [0.15, 0.2) is 0 Å². The molecule has 7 rings (SSSR count). The summed E-state index contributed by atoms with van der Waals surface area (Å²) in [5.74, 6) is 1.45. The van der Waals surface area contributed by atoms with Crippen LogP contribution in [-0.4, -0.2) is 15.1 Å². The minimum Gasteiger partial charge on any atom is -0.672 e. The SMILES string of the molecule is CC12CC3CC(C)(C1)CC([NH-])(C3)C2.CC1=[C-]C(C)C(C)=C1C.C[SiH]C.[Ti+2].c1ccc(-c2ccccc2)cc1. The van der Waals surface area contributed by atoms with Gasteiger partial charge in [0, 0.05) is 9.52 Å². The van der Waals surface area contributed by atoms with Crippen LogP contribution in [0.3, 0.4) is 0 Å². The van der Waals surface area contributed by atoms with Gasteiger partial charge >= 0.3 is 21.7 Å². The summed E-state index contributed by atoms with van der Waals surface area (Å²) >= 11 is 0. The van der Waals surface area contributed by atoms with Crippen molar-refractivity contribution < 1.29 is 21.7 Å². The van der Waals surface area contributed by atoms with Crippen LogP contribution in [-0.2, 0) is 21.7 Å². The second-order valence-corrected chi connectivity index (χ2v) is 14.2. The van der Waals surface area contributed by atoms with Crippen molar-refractivity contribution in [2.45, 2.75) is 98.7 Å². The number of hydrogen-bond acceptors (Lipinski definition) is 0. The van der Waals surface area contributed by atoms with Crippen molar-refractivity contribution in [1.29, 1.82) is 0 Å². The Labute approximate surface area is 251 Å². The van der Waals surface area contributed by atoms with Crippen molar-refractivity contribution in [2.24, 2.45) is 22.7 Å². The molecular weight excluding hydrogens is 510 g/mol. The second-order valence-electron chi connectivity index (χ2n) is 13.0. The molecule has 203 valence electrons. The third kappa shape index (κ3) is 8.65. The maximum atomic E-state index is 8.46. The van der Waals surface area contributed by atoms with E-state index in [0.717, 1.165) is 15.4 Å². The molecule has 5 aliphatic carbocycles. The van der Waals surface area contributed by atoms with Crippen molar-refractivity contribution in [3.8, 4) is 11.1 Å². The van der Waals surface area contributed by atoms with Crippen LogP contribution in [0.15, 0.2) is 77.4 Å². The molecule has 2 aromatic rings. The van der Waals surface area contributed by atoms with E-state index in [0.29, 0.717) is 16.7 Å². The predicted molar refractivity (Wildman–Crippen MR) is 165 cm³/mol. The van der Waals surface area contributed by atoms with Gasteiger partial charge < -0.3 is 5.73 Å². The van der Waals surface area contributed by atoms with Crippen molar-refractivity contribution in [3.63, 3.8) is 0 Å². The Hall–Kier alpha value is -1.19. The van der Waals surface area contributed by atoms with Crippen LogP contribution >= 0.6 is 0 Å². The predicted octanol–water partition coefficient (Wildman–Crippen LogP) is 10.4. The molecule has 4 fully saturated rings. The molecule has 0 heterocycles. The van der Waals surface area contributed by atoms with Crippen molar-refractivity contribution >= 4 is 9.52 Å². The molecule has 1 nitrogen and oxygen atoms in total. The molecule has 0 aromatic heterocycles. The van der Waals surface area contributed by atoms with Gasteiger partial charge in [0.1, 0.15) is 0 Å². The number of hydrogen-bond donors (Lipinski definition) is 0. The Morgan fingerprint density at radius 2 is 1.18 bits per heavy atom. The van der Waals surface area contributed by atoms with E-state index in [-0.39, 0.29) is 27.3 Å². The summed E-state index contributed by atoms with van der Waals surface area (Å²) < 4.78 is 0. The van der Waals surface area contributed by atoms with Gasteiger partial charge in [0.25, 0.3) is 0 Å². The maximum absolute atomic E-state index is 8.46. The minimum atomic E-state index is -0.0249. The summed E-state index contributed by atoms with van der Waals surface area (Å²) in [5, 5.41) is 0. The van der Waals surface area contributed by atoms with Crippen LogP contribution in [0, 0.1) is 28.7 Å². The van der Waals surface area contributed by atoms with E-state index < -0.39 is 0 Å². The van der Waals surface area contributed by atoms with Crippen LogP contribution in [0.4, 0.5) is 0 Å². The first-order valence-electron chi connectivity index (χ1n) is 14.3. The zero-order chi connectivity index (χ0) is 27.3. The number of rotatable bonds is 1. The van der Waals surface area contributed by atoms with E-state index in [1.165, 1.54) is 66.4 Å². The molecule has 3 atom stereocenters. The van der Waals surface area contributed by atoms with Crippen LogP contribution < -0.4 is 0 Å². The molecular formula is C35H50NSiTi. The summed E-state index contributed by atoms with van der Waals surface area (Å²) in [7, 11) is 0.750. The van der Waals surface area contributed by atoms with Crippen LogP contribution in [0.25, 0.3) is 16.9 Å². The minimum absolute atomic E-state index is 0. The molecule has 0 amide bonds. The first kappa shape index (κ1) is 33.0. The van der Waals surface area contributed by atoms with Gasteiger partial charge in [-0.2, -0.15) is 11.1 Å². The molecule has 0 saturated heterocycles. The van der Waals surface area contributed by atoms with E-state index in [1.54, 1.807) is 0 Å². The number of benzene rings is 2. The van der Waals surface area contributed by atoms with E-state index in [1.807, 2.05) is 12.1 Å². The summed E-state index contributed by atoms with van der Waals surface area (Å²) in [6.45, 7) is 17.9. The van der Waals surface area contributed by atoms with Crippen LogP contribution in [0.5, 0.6) is 0 Å². The summed E-state index contributed by atoms with van der Waals surface area (Å²) in [5.41, 5.74) is 16.3.